The molecule has 20 heavy (non-hydrogen) atoms. The Labute approximate surface area is 123 Å². The number of halogens is 1. The number of rotatable bonds is 4. The van der Waals surface area contributed by atoms with Gasteiger partial charge in [0.25, 0.3) is 0 Å². The van der Waals surface area contributed by atoms with E-state index < -0.39 is 9.84 Å². The molecule has 0 fully saturated rings. The number of ether oxygens (including phenoxy) is 1. The fraction of sp³-hybridized carbons (Fsp3) is 0.214. The highest BCUT2D eigenvalue weighted by atomic mass is 35.5. The molecule has 0 aliphatic rings. The highest BCUT2D eigenvalue weighted by Crippen LogP contribution is 2.23. The van der Waals surface area contributed by atoms with E-state index in [1.54, 1.807) is 18.2 Å². The van der Waals surface area contributed by atoms with Crippen LogP contribution in [0, 0.1) is 6.92 Å². The summed E-state index contributed by atoms with van der Waals surface area (Å²) in [6, 6.07) is 9.80. The quantitative estimate of drug-likeness (QED) is 0.813. The third-order valence-electron chi connectivity index (χ3n) is 2.79. The first-order valence-electron chi connectivity index (χ1n) is 5.90. The Kier molecular flexibility index (Phi) is 4.30. The van der Waals surface area contributed by atoms with Gasteiger partial charge < -0.3 is 4.74 Å². The number of sulfone groups is 1. The Hall–Kier alpha value is -1.59. The molecule has 0 saturated heterocycles. The molecule has 1 aromatic carbocycles. The van der Waals surface area contributed by atoms with Gasteiger partial charge in [-0.3, -0.25) is 0 Å². The van der Waals surface area contributed by atoms with Crippen molar-refractivity contribution in [3.63, 3.8) is 0 Å². The largest absolute Gasteiger partial charge is 0.439 e. The summed E-state index contributed by atoms with van der Waals surface area (Å²) in [5.41, 5.74) is 1.76. The van der Waals surface area contributed by atoms with Gasteiger partial charge in [0.1, 0.15) is 5.75 Å². The monoisotopic (exact) mass is 311 g/mol. The Balaban J connectivity index is 2.20. The van der Waals surface area contributed by atoms with Gasteiger partial charge in [-0.15, -0.1) is 11.6 Å². The second kappa shape index (κ2) is 5.81. The summed E-state index contributed by atoms with van der Waals surface area (Å²) in [5.74, 6) is 1.38. The Morgan fingerprint density at radius 3 is 2.30 bits per heavy atom. The zero-order valence-electron chi connectivity index (χ0n) is 11.1. The Morgan fingerprint density at radius 1 is 1.15 bits per heavy atom. The Morgan fingerprint density at radius 2 is 1.80 bits per heavy atom. The van der Waals surface area contributed by atoms with Gasteiger partial charge in [-0.1, -0.05) is 6.07 Å². The molecule has 0 unspecified atom stereocenters. The van der Waals surface area contributed by atoms with Gasteiger partial charge in [-0.2, -0.15) is 0 Å². The summed E-state index contributed by atoms with van der Waals surface area (Å²) in [7, 11) is -3.19. The van der Waals surface area contributed by atoms with Crippen molar-refractivity contribution in [3.05, 3.63) is 47.7 Å². The molecule has 2 aromatic rings. The molecule has 0 radical (unpaired) electrons. The normalized spacial score (nSPS) is 11.3. The van der Waals surface area contributed by atoms with Crippen molar-refractivity contribution in [2.45, 2.75) is 17.7 Å². The van der Waals surface area contributed by atoms with Gasteiger partial charge in [0.05, 0.1) is 4.90 Å². The average molecular weight is 312 g/mol. The van der Waals surface area contributed by atoms with Crippen molar-refractivity contribution in [1.29, 1.82) is 0 Å². The van der Waals surface area contributed by atoms with E-state index in [1.807, 2.05) is 13.0 Å². The van der Waals surface area contributed by atoms with E-state index in [1.165, 1.54) is 18.4 Å². The van der Waals surface area contributed by atoms with Crippen LogP contribution in [0.2, 0.25) is 0 Å². The van der Waals surface area contributed by atoms with Gasteiger partial charge in [-0.05, 0) is 36.8 Å². The maximum Gasteiger partial charge on any atom is 0.219 e. The topological polar surface area (TPSA) is 56.3 Å². The second-order valence-electron chi connectivity index (χ2n) is 4.37. The van der Waals surface area contributed by atoms with E-state index in [9.17, 15) is 8.42 Å². The van der Waals surface area contributed by atoms with Crippen molar-refractivity contribution in [3.8, 4) is 11.6 Å². The number of hydrogen-bond donors (Lipinski definition) is 0. The maximum absolute atomic E-state index is 11.4. The molecule has 0 aliphatic heterocycles. The van der Waals surface area contributed by atoms with Crippen LogP contribution < -0.4 is 4.74 Å². The van der Waals surface area contributed by atoms with Crippen molar-refractivity contribution in [2.24, 2.45) is 0 Å². The highest BCUT2D eigenvalue weighted by molar-refractivity contribution is 7.90. The second-order valence-corrected chi connectivity index (χ2v) is 6.66. The predicted octanol–water partition coefficient (Wildman–Crippen LogP) is 3.32. The molecule has 106 valence electrons. The molecule has 0 N–H and O–H groups in total. The molecule has 4 nitrogen and oxygen atoms in total. The number of pyridine rings is 1. The maximum atomic E-state index is 11.4. The summed E-state index contributed by atoms with van der Waals surface area (Å²) in [6.45, 7) is 1.86. The molecular weight excluding hydrogens is 298 g/mol. The molecule has 0 atom stereocenters. The van der Waals surface area contributed by atoms with E-state index in [0.717, 1.165) is 11.3 Å². The number of aryl methyl sites for hydroxylation is 1. The van der Waals surface area contributed by atoms with Gasteiger partial charge >= 0.3 is 0 Å². The fourth-order valence-corrected chi connectivity index (χ4v) is 2.55. The summed E-state index contributed by atoms with van der Waals surface area (Å²) in [5, 5.41) is 0. The van der Waals surface area contributed by atoms with E-state index in [2.05, 4.69) is 4.98 Å². The molecule has 2 rings (SSSR count). The zero-order chi connectivity index (χ0) is 14.8. The SMILES string of the molecule is Cc1nc(Oc2ccc(S(C)(=O)=O)cc2)ccc1CCl. The summed E-state index contributed by atoms with van der Waals surface area (Å²) >= 11 is 5.77. The molecule has 1 heterocycles. The minimum Gasteiger partial charge on any atom is -0.439 e. The number of aromatic nitrogens is 1. The van der Waals surface area contributed by atoms with Crippen LogP contribution in [0.4, 0.5) is 0 Å². The minimum absolute atomic E-state index is 0.256. The van der Waals surface area contributed by atoms with Gasteiger partial charge in [0.2, 0.25) is 5.88 Å². The van der Waals surface area contributed by atoms with E-state index in [0.29, 0.717) is 17.5 Å². The van der Waals surface area contributed by atoms with Crippen molar-refractivity contribution in [1.82, 2.24) is 4.98 Å². The molecule has 6 heteroatoms. The predicted molar refractivity (Wildman–Crippen MR) is 78.2 cm³/mol. The summed E-state index contributed by atoms with van der Waals surface area (Å²) in [6.07, 6.45) is 1.17. The smallest absolute Gasteiger partial charge is 0.219 e. The zero-order valence-corrected chi connectivity index (χ0v) is 12.7. The lowest BCUT2D eigenvalue weighted by molar-refractivity contribution is 0.461. The molecule has 0 amide bonds. The van der Waals surface area contributed by atoms with Gasteiger partial charge in [0, 0.05) is 23.9 Å². The number of nitrogens with zero attached hydrogens (tertiary/aromatic N) is 1. The lowest BCUT2D eigenvalue weighted by atomic mass is 10.2. The van der Waals surface area contributed by atoms with Gasteiger partial charge in [0.15, 0.2) is 9.84 Å². The lowest BCUT2D eigenvalue weighted by Crippen LogP contribution is -1.97. The van der Waals surface area contributed by atoms with E-state index in [4.69, 9.17) is 16.3 Å². The van der Waals surface area contributed by atoms with Crippen LogP contribution >= 0.6 is 11.6 Å². The molecule has 0 bridgehead atoms. The van der Waals surface area contributed by atoms with Crippen molar-refractivity contribution in [2.75, 3.05) is 6.26 Å². The molecule has 0 saturated carbocycles. The van der Waals surface area contributed by atoms with Crippen molar-refractivity contribution < 1.29 is 13.2 Å². The molecule has 0 aliphatic carbocycles. The molecular formula is C14H14ClNO3S. The van der Waals surface area contributed by atoms with Crippen LogP contribution in [0.15, 0.2) is 41.3 Å². The van der Waals surface area contributed by atoms with Crippen LogP contribution in [0.25, 0.3) is 0 Å². The summed E-state index contributed by atoms with van der Waals surface area (Å²) in [4.78, 5) is 4.54. The first-order chi connectivity index (χ1) is 9.40. The summed E-state index contributed by atoms with van der Waals surface area (Å²) < 4.78 is 28.3. The minimum atomic E-state index is -3.19. The standard InChI is InChI=1S/C14H14ClNO3S/c1-10-11(9-15)3-8-14(16-10)19-12-4-6-13(7-5-12)20(2,17)18/h3-8H,9H2,1-2H3. The number of alkyl halides is 1. The van der Waals surface area contributed by atoms with Crippen molar-refractivity contribution >= 4 is 21.4 Å². The van der Waals surface area contributed by atoms with Crippen LogP contribution in [-0.4, -0.2) is 19.7 Å². The van der Waals surface area contributed by atoms with Crippen LogP contribution in [0.3, 0.4) is 0 Å². The van der Waals surface area contributed by atoms with Gasteiger partial charge in [-0.25, -0.2) is 13.4 Å². The molecule has 0 spiro atoms. The van der Waals surface area contributed by atoms with E-state index in [-0.39, 0.29) is 4.90 Å². The van der Waals surface area contributed by atoms with E-state index >= 15 is 0 Å². The number of benzene rings is 1. The van der Waals surface area contributed by atoms with Crippen LogP contribution in [-0.2, 0) is 15.7 Å². The molecule has 1 aromatic heterocycles. The average Bonchev–Trinajstić information content (AvgIpc) is 2.38. The fourth-order valence-electron chi connectivity index (χ4n) is 1.64. The van der Waals surface area contributed by atoms with Crippen LogP contribution in [0.1, 0.15) is 11.3 Å². The van der Waals surface area contributed by atoms with Crippen LogP contribution in [0.5, 0.6) is 11.6 Å². The first-order valence-corrected chi connectivity index (χ1v) is 8.33. The first kappa shape index (κ1) is 14.8. The third-order valence-corrected chi connectivity index (χ3v) is 4.20. The Bertz CT molecular complexity index is 712. The third kappa shape index (κ3) is 3.49. The lowest BCUT2D eigenvalue weighted by Gasteiger charge is -2.08. The number of hydrogen-bond acceptors (Lipinski definition) is 4. The highest BCUT2D eigenvalue weighted by Gasteiger charge is 2.07.